The van der Waals surface area contributed by atoms with Gasteiger partial charge < -0.3 is 14.8 Å². The van der Waals surface area contributed by atoms with Gasteiger partial charge in [0.05, 0.1) is 13.2 Å². The van der Waals surface area contributed by atoms with Crippen LogP contribution in [0.15, 0.2) is 24.3 Å². The van der Waals surface area contributed by atoms with Crippen molar-refractivity contribution in [3.8, 4) is 17.6 Å². The number of hydrogen-bond donors (Lipinski definition) is 1. The molecule has 0 saturated heterocycles. The summed E-state index contributed by atoms with van der Waals surface area (Å²) in [5.74, 6) is 4.33. The van der Waals surface area contributed by atoms with Crippen LogP contribution in [-0.4, -0.2) is 39.0 Å². The largest absolute Gasteiger partial charge is 0.492 e. The Kier molecular flexibility index (Phi) is 7.26. The second-order valence-corrected chi connectivity index (χ2v) is 4.17. The third-order valence-corrected chi connectivity index (χ3v) is 2.41. The van der Waals surface area contributed by atoms with E-state index < -0.39 is 12.1 Å². The van der Waals surface area contributed by atoms with Crippen LogP contribution >= 0.6 is 0 Å². The number of hydrogen-bond acceptors (Lipinski definition) is 3. The Bertz CT molecular complexity index is 547. The molecule has 1 amide bonds. The summed E-state index contributed by atoms with van der Waals surface area (Å²) in [4.78, 5) is 10.6. The van der Waals surface area contributed by atoms with E-state index in [0.717, 1.165) is 5.56 Å². The smallest absolute Gasteiger partial charge is 0.471 e. The normalized spacial score (nSPS) is 10.5. The van der Waals surface area contributed by atoms with Gasteiger partial charge in [-0.1, -0.05) is 17.9 Å². The molecule has 120 valence electrons. The van der Waals surface area contributed by atoms with Crippen molar-refractivity contribution < 1.29 is 27.4 Å². The Labute approximate surface area is 126 Å². The van der Waals surface area contributed by atoms with E-state index in [1.807, 2.05) is 0 Å². The summed E-state index contributed by atoms with van der Waals surface area (Å²) in [7, 11) is 1.59. The number of halogens is 3. The van der Waals surface area contributed by atoms with Crippen LogP contribution in [0.25, 0.3) is 0 Å². The number of rotatable bonds is 6. The first-order chi connectivity index (χ1) is 10.4. The van der Waals surface area contributed by atoms with E-state index in [-0.39, 0.29) is 13.2 Å². The van der Waals surface area contributed by atoms with E-state index in [9.17, 15) is 18.0 Å². The summed E-state index contributed by atoms with van der Waals surface area (Å²) in [5.41, 5.74) is 0.730. The van der Waals surface area contributed by atoms with Gasteiger partial charge in [-0.05, 0) is 18.2 Å². The third kappa shape index (κ3) is 6.99. The summed E-state index contributed by atoms with van der Waals surface area (Å²) in [6.07, 6.45) is -4.28. The van der Waals surface area contributed by atoms with Crippen LogP contribution in [0.4, 0.5) is 13.2 Å². The molecule has 7 heteroatoms. The molecule has 0 saturated carbocycles. The maximum atomic E-state index is 11.9. The number of methoxy groups -OCH3 is 1. The van der Waals surface area contributed by atoms with Crippen molar-refractivity contribution in [2.45, 2.75) is 12.6 Å². The average Bonchev–Trinajstić information content (AvgIpc) is 2.47. The highest BCUT2D eigenvalue weighted by molar-refractivity contribution is 5.81. The molecule has 1 N–H and O–H groups in total. The van der Waals surface area contributed by atoms with Gasteiger partial charge in [-0.15, -0.1) is 0 Å². The summed E-state index contributed by atoms with van der Waals surface area (Å²) >= 11 is 0. The van der Waals surface area contributed by atoms with Gasteiger partial charge in [0.15, 0.2) is 0 Å². The van der Waals surface area contributed by atoms with Gasteiger partial charge in [-0.3, -0.25) is 4.79 Å². The molecule has 22 heavy (non-hydrogen) atoms. The molecular formula is C15H16F3NO3. The number of alkyl halides is 3. The van der Waals surface area contributed by atoms with Gasteiger partial charge in [-0.2, -0.15) is 13.2 Å². The molecule has 1 aromatic carbocycles. The number of amides is 1. The number of ether oxygens (including phenoxy) is 2. The molecule has 0 unspecified atom stereocenters. The van der Waals surface area contributed by atoms with Crippen molar-refractivity contribution in [1.29, 1.82) is 0 Å². The number of nitrogens with one attached hydrogen (secondary N) is 1. The minimum atomic E-state index is -4.88. The Balaban J connectivity index is 2.40. The molecule has 0 heterocycles. The van der Waals surface area contributed by atoms with Crippen LogP contribution in [0.2, 0.25) is 0 Å². The number of carbonyl (C=O) groups excluding carboxylic acids is 1. The molecule has 0 aliphatic carbocycles. The zero-order chi connectivity index (χ0) is 16.4. The molecule has 0 aliphatic rings. The van der Waals surface area contributed by atoms with E-state index in [2.05, 4.69) is 11.8 Å². The first-order valence-corrected chi connectivity index (χ1v) is 6.49. The highest BCUT2D eigenvalue weighted by Gasteiger charge is 2.38. The van der Waals surface area contributed by atoms with Gasteiger partial charge >= 0.3 is 12.1 Å². The highest BCUT2D eigenvalue weighted by Crippen LogP contribution is 2.14. The van der Waals surface area contributed by atoms with Crippen LogP contribution in [-0.2, 0) is 9.53 Å². The molecule has 0 aromatic heterocycles. The van der Waals surface area contributed by atoms with Gasteiger partial charge in [-0.25, -0.2) is 0 Å². The van der Waals surface area contributed by atoms with E-state index in [1.54, 1.807) is 36.7 Å². The second-order valence-electron chi connectivity index (χ2n) is 4.17. The predicted octanol–water partition coefficient (Wildman–Crippen LogP) is 2.13. The zero-order valence-corrected chi connectivity index (χ0v) is 12.0. The van der Waals surface area contributed by atoms with E-state index in [4.69, 9.17) is 9.47 Å². The fourth-order valence-electron chi connectivity index (χ4n) is 1.41. The maximum absolute atomic E-state index is 11.9. The topological polar surface area (TPSA) is 47.6 Å². The predicted molar refractivity (Wildman–Crippen MR) is 74.4 cm³/mol. The lowest BCUT2D eigenvalue weighted by atomic mass is 10.2. The van der Waals surface area contributed by atoms with E-state index >= 15 is 0 Å². The van der Waals surface area contributed by atoms with Crippen LogP contribution in [0.3, 0.4) is 0 Å². The van der Waals surface area contributed by atoms with Crippen molar-refractivity contribution in [2.24, 2.45) is 0 Å². The zero-order valence-electron chi connectivity index (χ0n) is 12.0. The summed E-state index contributed by atoms with van der Waals surface area (Å²) in [5, 5.41) is 1.72. The first kappa shape index (κ1) is 17.9. The molecule has 1 rings (SSSR count). The fraction of sp³-hybridized carbons (Fsp3) is 0.400. The maximum Gasteiger partial charge on any atom is 0.471 e. The third-order valence-electron chi connectivity index (χ3n) is 2.41. The summed E-state index contributed by atoms with van der Waals surface area (Å²) in [6.45, 7) is 0.243. The molecule has 0 spiro atoms. The van der Waals surface area contributed by atoms with Gasteiger partial charge in [0.25, 0.3) is 0 Å². The Morgan fingerprint density at radius 1 is 1.32 bits per heavy atom. The van der Waals surface area contributed by atoms with Crippen molar-refractivity contribution >= 4 is 5.91 Å². The minimum Gasteiger partial charge on any atom is -0.492 e. The lowest BCUT2D eigenvalue weighted by Crippen LogP contribution is -2.38. The summed E-state index contributed by atoms with van der Waals surface area (Å²) in [6, 6.07) is 6.85. The molecule has 0 radical (unpaired) electrons. The van der Waals surface area contributed by atoms with Crippen LogP contribution < -0.4 is 10.1 Å². The van der Waals surface area contributed by atoms with Crippen molar-refractivity contribution in [1.82, 2.24) is 5.32 Å². The average molecular weight is 315 g/mol. The van der Waals surface area contributed by atoms with Crippen LogP contribution in [0, 0.1) is 11.8 Å². The number of benzene rings is 1. The number of carbonyl (C=O) groups is 1. The Hall–Kier alpha value is -2.20. The van der Waals surface area contributed by atoms with Gasteiger partial charge in [0.1, 0.15) is 12.4 Å². The minimum absolute atomic E-state index is 0.0671. The van der Waals surface area contributed by atoms with E-state index in [1.165, 1.54) is 0 Å². The van der Waals surface area contributed by atoms with Gasteiger partial charge in [0, 0.05) is 19.1 Å². The SMILES string of the molecule is COCCC#Cc1cccc(OCCNC(=O)C(F)(F)F)c1. The molecule has 4 nitrogen and oxygen atoms in total. The molecule has 0 atom stereocenters. The van der Waals surface area contributed by atoms with Crippen LogP contribution in [0.5, 0.6) is 5.75 Å². The molecule has 0 bridgehead atoms. The molecule has 0 aliphatic heterocycles. The Morgan fingerprint density at radius 3 is 2.77 bits per heavy atom. The van der Waals surface area contributed by atoms with Gasteiger partial charge in [0.2, 0.25) is 0 Å². The summed E-state index contributed by atoms with van der Waals surface area (Å²) < 4.78 is 46.0. The monoisotopic (exact) mass is 315 g/mol. The lowest BCUT2D eigenvalue weighted by molar-refractivity contribution is -0.173. The van der Waals surface area contributed by atoms with Crippen molar-refractivity contribution in [3.63, 3.8) is 0 Å². The van der Waals surface area contributed by atoms with Crippen molar-refractivity contribution in [3.05, 3.63) is 29.8 Å². The standard InChI is InChI=1S/C15H16F3NO3/c1-21-9-3-2-5-12-6-4-7-13(11-12)22-10-8-19-14(20)15(16,17)18/h4,6-7,11H,3,8-10H2,1H3,(H,19,20). The highest BCUT2D eigenvalue weighted by atomic mass is 19.4. The molecule has 0 fully saturated rings. The Morgan fingerprint density at radius 2 is 2.09 bits per heavy atom. The van der Waals surface area contributed by atoms with E-state index in [0.29, 0.717) is 18.8 Å². The van der Waals surface area contributed by atoms with Crippen molar-refractivity contribution in [2.75, 3.05) is 26.9 Å². The first-order valence-electron chi connectivity index (χ1n) is 6.49. The van der Waals surface area contributed by atoms with Crippen LogP contribution in [0.1, 0.15) is 12.0 Å². The second kappa shape index (κ2) is 8.95. The molecular weight excluding hydrogens is 299 g/mol. The molecule has 1 aromatic rings. The quantitative estimate of drug-likeness (QED) is 0.646. The fourth-order valence-corrected chi connectivity index (χ4v) is 1.41. The lowest BCUT2D eigenvalue weighted by Gasteiger charge is -2.09.